The third kappa shape index (κ3) is 3.05. The third-order valence-corrected chi connectivity index (χ3v) is 5.39. The normalized spacial score (nSPS) is 27.2. The summed E-state index contributed by atoms with van der Waals surface area (Å²) in [5.74, 6) is 1.02. The summed E-state index contributed by atoms with van der Waals surface area (Å²) < 4.78 is 11.7. The molecule has 0 radical (unpaired) electrons. The zero-order valence-electron chi connectivity index (χ0n) is 14.6. The molecule has 1 fully saturated rings. The molecule has 1 aromatic rings. The Morgan fingerprint density at radius 2 is 2.04 bits per heavy atom. The van der Waals surface area contributed by atoms with Crippen LogP contribution in [0, 0.1) is 11.8 Å². The van der Waals surface area contributed by atoms with E-state index in [1.807, 2.05) is 6.08 Å². The molecule has 3 heteroatoms. The van der Waals surface area contributed by atoms with Crippen molar-refractivity contribution in [2.24, 2.45) is 11.8 Å². The predicted octanol–water partition coefficient (Wildman–Crippen LogP) is 4.22. The number of hydrogen-bond acceptors (Lipinski definition) is 3. The van der Waals surface area contributed by atoms with Gasteiger partial charge in [-0.15, -0.1) is 6.58 Å². The molecule has 0 spiro atoms. The van der Waals surface area contributed by atoms with Crippen LogP contribution in [0.4, 0.5) is 0 Å². The van der Waals surface area contributed by atoms with E-state index in [0.717, 1.165) is 12.8 Å². The number of benzene rings is 1. The maximum atomic E-state index is 12.3. The van der Waals surface area contributed by atoms with Crippen molar-refractivity contribution in [2.45, 2.75) is 45.1 Å². The molecule has 0 N–H and O–H groups in total. The van der Waals surface area contributed by atoms with Crippen LogP contribution in [0.15, 0.2) is 48.8 Å². The first-order valence-electron chi connectivity index (χ1n) is 8.80. The molecule has 2 aliphatic rings. The molecule has 0 aromatic heterocycles. The molecule has 3 nitrogen and oxygen atoms in total. The molecule has 24 heavy (non-hydrogen) atoms. The van der Waals surface area contributed by atoms with Crippen LogP contribution in [0.1, 0.15) is 37.8 Å². The van der Waals surface area contributed by atoms with E-state index < -0.39 is 5.60 Å². The van der Waals surface area contributed by atoms with Crippen LogP contribution in [0.5, 0.6) is 0 Å². The quantitative estimate of drug-likeness (QED) is 0.734. The van der Waals surface area contributed by atoms with Crippen LogP contribution < -0.4 is 0 Å². The summed E-state index contributed by atoms with van der Waals surface area (Å²) in [5, 5.41) is 0. The summed E-state index contributed by atoms with van der Waals surface area (Å²) in [6.45, 7) is 8.37. The SMILES string of the molecule is C=CCC1C[C@]2(C(C)Cc3ccc(CC)cc3)OCOC2=CC1=O. The molecule has 1 heterocycles. The molecule has 0 saturated carbocycles. The van der Waals surface area contributed by atoms with Crippen LogP contribution in [-0.4, -0.2) is 18.2 Å². The number of fused-ring (bicyclic) bond motifs is 1. The second-order valence-electron chi connectivity index (χ2n) is 6.91. The van der Waals surface area contributed by atoms with Gasteiger partial charge in [-0.05, 0) is 42.7 Å². The summed E-state index contributed by atoms with van der Waals surface area (Å²) in [4.78, 5) is 12.3. The largest absolute Gasteiger partial charge is 0.469 e. The van der Waals surface area contributed by atoms with Crippen molar-refractivity contribution in [2.75, 3.05) is 6.79 Å². The Morgan fingerprint density at radius 3 is 2.71 bits per heavy atom. The number of carbonyl (C=O) groups excluding carboxylic acids is 1. The lowest BCUT2D eigenvalue weighted by atomic mass is 9.71. The summed E-state index contributed by atoms with van der Waals surface area (Å²) >= 11 is 0. The lowest BCUT2D eigenvalue weighted by Crippen LogP contribution is -2.44. The van der Waals surface area contributed by atoms with E-state index in [-0.39, 0.29) is 24.4 Å². The van der Waals surface area contributed by atoms with Crippen LogP contribution in [0.25, 0.3) is 0 Å². The molecule has 128 valence electrons. The van der Waals surface area contributed by atoms with E-state index in [0.29, 0.717) is 18.6 Å². The molecular formula is C21H26O3. The number of ketones is 1. The number of rotatable bonds is 6. The van der Waals surface area contributed by atoms with Crippen molar-refractivity contribution >= 4 is 5.78 Å². The van der Waals surface area contributed by atoms with Gasteiger partial charge >= 0.3 is 0 Å². The average Bonchev–Trinajstić information content (AvgIpc) is 3.00. The van der Waals surface area contributed by atoms with Crippen molar-refractivity contribution in [1.82, 2.24) is 0 Å². The van der Waals surface area contributed by atoms with Gasteiger partial charge in [-0.25, -0.2) is 0 Å². The second kappa shape index (κ2) is 6.94. The number of carbonyl (C=O) groups is 1. The van der Waals surface area contributed by atoms with Gasteiger partial charge in [0, 0.05) is 12.0 Å². The first-order chi connectivity index (χ1) is 11.6. The van der Waals surface area contributed by atoms with Crippen LogP contribution in [-0.2, 0) is 27.1 Å². The first kappa shape index (κ1) is 17.0. The smallest absolute Gasteiger partial charge is 0.189 e. The van der Waals surface area contributed by atoms with Crippen LogP contribution in [0.2, 0.25) is 0 Å². The highest BCUT2D eigenvalue weighted by molar-refractivity contribution is 5.93. The molecule has 1 aliphatic heterocycles. The minimum atomic E-state index is -0.481. The summed E-state index contributed by atoms with van der Waals surface area (Å²) in [5.41, 5.74) is 2.16. The Bertz CT molecular complexity index is 644. The van der Waals surface area contributed by atoms with Gasteiger partial charge in [-0.2, -0.15) is 0 Å². The van der Waals surface area contributed by atoms with Gasteiger partial charge in [0.15, 0.2) is 12.6 Å². The summed E-state index contributed by atoms with van der Waals surface area (Å²) in [7, 11) is 0. The molecule has 1 aromatic carbocycles. The van der Waals surface area contributed by atoms with E-state index in [1.165, 1.54) is 11.1 Å². The molecule has 0 bridgehead atoms. The average molecular weight is 326 g/mol. The lowest BCUT2D eigenvalue weighted by molar-refractivity contribution is -0.123. The third-order valence-electron chi connectivity index (χ3n) is 5.39. The summed E-state index contributed by atoms with van der Waals surface area (Å²) in [6, 6.07) is 8.77. The number of ether oxygens (including phenoxy) is 2. The fourth-order valence-corrected chi connectivity index (χ4v) is 3.84. The molecule has 3 rings (SSSR count). The zero-order valence-corrected chi connectivity index (χ0v) is 14.6. The topological polar surface area (TPSA) is 35.5 Å². The Balaban J connectivity index is 1.82. The van der Waals surface area contributed by atoms with Gasteiger partial charge in [0.2, 0.25) is 0 Å². The van der Waals surface area contributed by atoms with Gasteiger partial charge in [-0.1, -0.05) is 44.2 Å². The standard InChI is InChI=1S/C21H26O3/c1-4-6-18-13-21(20(12-19(18)22)23-14-24-21)15(3)11-17-9-7-16(5-2)8-10-17/h4,7-10,12,15,18H,1,5-6,11,13-14H2,2-3H3/t15?,18?,21-/m1/s1. The second-order valence-corrected chi connectivity index (χ2v) is 6.91. The molecule has 2 unspecified atom stereocenters. The molecule has 1 saturated heterocycles. The Kier molecular flexibility index (Phi) is 4.91. The van der Waals surface area contributed by atoms with E-state index in [2.05, 4.69) is 44.7 Å². The van der Waals surface area contributed by atoms with Crippen molar-refractivity contribution in [3.8, 4) is 0 Å². The Morgan fingerprint density at radius 1 is 1.33 bits per heavy atom. The van der Waals surface area contributed by atoms with E-state index in [4.69, 9.17) is 9.47 Å². The highest BCUT2D eigenvalue weighted by atomic mass is 16.7. The van der Waals surface area contributed by atoms with Gasteiger partial charge in [0.25, 0.3) is 0 Å². The number of aryl methyl sites for hydroxylation is 1. The van der Waals surface area contributed by atoms with Gasteiger partial charge in [0.1, 0.15) is 11.4 Å². The Hall–Kier alpha value is -1.87. The van der Waals surface area contributed by atoms with Crippen molar-refractivity contribution in [1.29, 1.82) is 0 Å². The first-order valence-corrected chi connectivity index (χ1v) is 8.80. The fourth-order valence-electron chi connectivity index (χ4n) is 3.84. The monoisotopic (exact) mass is 326 g/mol. The Labute approximate surface area is 144 Å². The summed E-state index contributed by atoms with van der Waals surface area (Å²) in [6.07, 6.45) is 6.79. The molecule has 0 amide bonds. The van der Waals surface area contributed by atoms with Gasteiger partial charge in [-0.3, -0.25) is 4.79 Å². The maximum absolute atomic E-state index is 12.3. The molecule has 3 atom stereocenters. The van der Waals surface area contributed by atoms with E-state index in [9.17, 15) is 4.79 Å². The van der Waals surface area contributed by atoms with Crippen molar-refractivity contribution < 1.29 is 14.3 Å². The van der Waals surface area contributed by atoms with Crippen molar-refractivity contribution in [3.63, 3.8) is 0 Å². The number of hydrogen-bond donors (Lipinski definition) is 0. The lowest BCUT2D eigenvalue weighted by Gasteiger charge is -2.38. The highest BCUT2D eigenvalue weighted by Gasteiger charge is 2.51. The fraction of sp³-hybridized carbons (Fsp3) is 0.476. The zero-order chi connectivity index (χ0) is 17.2. The van der Waals surface area contributed by atoms with E-state index in [1.54, 1.807) is 6.08 Å². The minimum Gasteiger partial charge on any atom is -0.469 e. The van der Waals surface area contributed by atoms with Crippen LogP contribution >= 0.6 is 0 Å². The number of allylic oxidation sites excluding steroid dienone is 2. The van der Waals surface area contributed by atoms with Gasteiger partial charge < -0.3 is 9.47 Å². The van der Waals surface area contributed by atoms with Gasteiger partial charge in [0.05, 0.1) is 0 Å². The predicted molar refractivity (Wildman–Crippen MR) is 94.5 cm³/mol. The van der Waals surface area contributed by atoms with Crippen LogP contribution in [0.3, 0.4) is 0 Å². The molecule has 1 aliphatic carbocycles. The highest BCUT2D eigenvalue weighted by Crippen LogP contribution is 2.46. The minimum absolute atomic E-state index is 0.0575. The van der Waals surface area contributed by atoms with E-state index >= 15 is 0 Å². The molecular weight excluding hydrogens is 300 g/mol. The maximum Gasteiger partial charge on any atom is 0.189 e. The van der Waals surface area contributed by atoms with Crippen molar-refractivity contribution in [3.05, 3.63) is 59.9 Å².